The Kier molecular flexibility index (Phi) is 6.07. The maximum Gasteiger partial charge on any atom is 0.230 e. The van der Waals surface area contributed by atoms with E-state index >= 15 is 0 Å². The minimum atomic E-state index is -0.380. The molecule has 118 valence electrons. The zero-order valence-corrected chi connectivity index (χ0v) is 12.5. The van der Waals surface area contributed by atoms with Crippen LogP contribution in [0.5, 0.6) is 5.75 Å². The number of nitriles is 1. The Hall–Kier alpha value is -2.94. The molecule has 1 aromatic carbocycles. The topological polar surface area (TPSA) is 75.0 Å². The van der Waals surface area contributed by atoms with E-state index in [-0.39, 0.29) is 18.1 Å². The molecule has 0 aliphatic rings. The molecule has 0 fully saturated rings. The second-order valence-corrected chi connectivity index (χ2v) is 4.82. The first-order valence-electron chi connectivity index (χ1n) is 7.18. The molecule has 1 heterocycles. The van der Waals surface area contributed by atoms with Crippen LogP contribution in [0.1, 0.15) is 18.4 Å². The number of anilines is 1. The summed E-state index contributed by atoms with van der Waals surface area (Å²) in [4.78, 5) is 16.1. The highest BCUT2D eigenvalue weighted by Gasteiger charge is 2.10. The summed E-state index contributed by atoms with van der Waals surface area (Å²) >= 11 is 0. The van der Waals surface area contributed by atoms with Gasteiger partial charge in [-0.15, -0.1) is 0 Å². The number of hydrogen-bond acceptors (Lipinski definition) is 4. The normalized spacial score (nSPS) is 9.91. The van der Waals surface area contributed by atoms with Crippen LogP contribution >= 0.6 is 0 Å². The fraction of sp³-hybridized carbons (Fsp3) is 0.235. The van der Waals surface area contributed by atoms with Crippen LogP contribution in [-0.2, 0) is 11.2 Å². The smallest absolute Gasteiger partial charge is 0.230 e. The molecule has 0 saturated carbocycles. The minimum Gasteiger partial charge on any atom is -0.490 e. The summed E-state index contributed by atoms with van der Waals surface area (Å²) in [7, 11) is 0. The zero-order chi connectivity index (χ0) is 16.5. The van der Waals surface area contributed by atoms with Gasteiger partial charge in [-0.05, 0) is 36.2 Å². The Balaban J connectivity index is 1.96. The Labute approximate surface area is 133 Å². The molecule has 0 aliphatic heterocycles. The van der Waals surface area contributed by atoms with Crippen molar-refractivity contribution < 1.29 is 13.9 Å². The van der Waals surface area contributed by atoms with Gasteiger partial charge in [-0.3, -0.25) is 4.79 Å². The zero-order valence-electron chi connectivity index (χ0n) is 12.5. The van der Waals surface area contributed by atoms with Gasteiger partial charge >= 0.3 is 0 Å². The number of unbranched alkanes of at least 4 members (excludes halogenated alkanes) is 1. The first-order chi connectivity index (χ1) is 11.2. The lowest BCUT2D eigenvalue weighted by atomic mass is 10.1. The molecular formula is C17H16FN3O2. The second-order valence-electron chi connectivity index (χ2n) is 4.82. The highest BCUT2D eigenvalue weighted by Crippen LogP contribution is 2.21. The van der Waals surface area contributed by atoms with E-state index in [1.165, 1.54) is 12.1 Å². The molecule has 0 radical (unpaired) electrons. The van der Waals surface area contributed by atoms with Crippen molar-refractivity contribution >= 4 is 11.7 Å². The van der Waals surface area contributed by atoms with E-state index in [0.29, 0.717) is 36.6 Å². The summed E-state index contributed by atoms with van der Waals surface area (Å²) in [5.41, 5.74) is 0.579. The largest absolute Gasteiger partial charge is 0.490 e. The van der Waals surface area contributed by atoms with Crippen LogP contribution in [-0.4, -0.2) is 17.5 Å². The van der Waals surface area contributed by atoms with Crippen LogP contribution < -0.4 is 10.1 Å². The van der Waals surface area contributed by atoms with Gasteiger partial charge in [-0.2, -0.15) is 5.26 Å². The molecule has 1 N–H and O–H groups in total. The first-order valence-corrected chi connectivity index (χ1v) is 7.18. The standard InChI is InChI=1S/C17H16FN3O2/c18-14-6-3-5-13(11-14)12-16(22)21-17-15(7-4-9-20-17)23-10-2-1-8-19/h3-7,9,11H,1-2,10,12H2,(H,20,21,22). The fourth-order valence-electron chi connectivity index (χ4n) is 1.94. The number of benzene rings is 1. The fourth-order valence-corrected chi connectivity index (χ4v) is 1.94. The van der Waals surface area contributed by atoms with Gasteiger partial charge < -0.3 is 10.1 Å². The maximum absolute atomic E-state index is 13.1. The van der Waals surface area contributed by atoms with Gasteiger partial charge in [0, 0.05) is 12.6 Å². The van der Waals surface area contributed by atoms with Crippen LogP contribution in [0, 0.1) is 17.1 Å². The number of halogens is 1. The average Bonchev–Trinajstić information content (AvgIpc) is 2.53. The summed E-state index contributed by atoms with van der Waals surface area (Å²) in [5, 5.41) is 11.2. The van der Waals surface area contributed by atoms with E-state index in [4.69, 9.17) is 10.00 Å². The maximum atomic E-state index is 13.1. The Morgan fingerprint density at radius 3 is 3.00 bits per heavy atom. The highest BCUT2D eigenvalue weighted by atomic mass is 19.1. The highest BCUT2D eigenvalue weighted by molar-refractivity contribution is 5.92. The predicted octanol–water partition coefficient (Wildman–Crippen LogP) is 3.08. The van der Waals surface area contributed by atoms with Crippen molar-refractivity contribution in [2.45, 2.75) is 19.3 Å². The Morgan fingerprint density at radius 2 is 2.22 bits per heavy atom. The van der Waals surface area contributed by atoms with E-state index < -0.39 is 0 Å². The van der Waals surface area contributed by atoms with Gasteiger partial charge in [0.2, 0.25) is 5.91 Å². The molecule has 2 rings (SSSR count). The molecule has 1 aromatic heterocycles. The molecule has 5 nitrogen and oxygen atoms in total. The first kappa shape index (κ1) is 16.4. The number of pyridine rings is 1. The van der Waals surface area contributed by atoms with Crippen LogP contribution in [0.4, 0.5) is 10.2 Å². The van der Waals surface area contributed by atoms with Crippen molar-refractivity contribution in [2.75, 3.05) is 11.9 Å². The van der Waals surface area contributed by atoms with Crippen LogP contribution in [0.15, 0.2) is 42.6 Å². The Bertz CT molecular complexity index is 713. The molecule has 0 bridgehead atoms. The molecule has 2 aromatic rings. The lowest BCUT2D eigenvalue weighted by molar-refractivity contribution is -0.115. The number of nitrogens with one attached hydrogen (secondary N) is 1. The third-order valence-electron chi connectivity index (χ3n) is 2.97. The monoisotopic (exact) mass is 313 g/mol. The number of carbonyl (C=O) groups is 1. The second kappa shape index (κ2) is 8.49. The lowest BCUT2D eigenvalue weighted by Crippen LogP contribution is -2.16. The lowest BCUT2D eigenvalue weighted by Gasteiger charge is -2.11. The summed E-state index contributed by atoms with van der Waals surface area (Å²) in [6, 6.07) is 11.3. The molecule has 0 unspecified atom stereocenters. The van der Waals surface area contributed by atoms with E-state index in [0.717, 1.165) is 0 Å². The van der Waals surface area contributed by atoms with Crippen LogP contribution in [0.3, 0.4) is 0 Å². The number of amides is 1. The molecule has 6 heteroatoms. The van der Waals surface area contributed by atoms with Gasteiger partial charge in [-0.25, -0.2) is 9.37 Å². The molecule has 0 saturated heterocycles. The van der Waals surface area contributed by atoms with Gasteiger partial charge in [-0.1, -0.05) is 12.1 Å². The molecule has 1 amide bonds. The number of nitrogens with zero attached hydrogens (tertiary/aromatic N) is 2. The minimum absolute atomic E-state index is 0.0439. The summed E-state index contributed by atoms with van der Waals surface area (Å²) in [5.74, 6) is 0.0646. The Morgan fingerprint density at radius 1 is 1.35 bits per heavy atom. The van der Waals surface area contributed by atoms with E-state index in [9.17, 15) is 9.18 Å². The summed E-state index contributed by atoms with van der Waals surface area (Å²) in [6.07, 6.45) is 2.59. The quantitative estimate of drug-likeness (QED) is 0.797. The number of carbonyl (C=O) groups excluding carboxylic acids is 1. The van der Waals surface area contributed by atoms with Gasteiger partial charge in [0.25, 0.3) is 0 Å². The molecule has 0 spiro atoms. The summed E-state index contributed by atoms with van der Waals surface area (Å²) in [6.45, 7) is 0.367. The summed E-state index contributed by atoms with van der Waals surface area (Å²) < 4.78 is 18.6. The molecule has 0 aliphatic carbocycles. The van der Waals surface area contributed by atoms with Crippen molar-refractivity contribution in [3.8, 4) is 11.8 Å². The van der Waals surface area contributed by atoms with E-state index in [2.05, 4.69) is 10.3 Å². The van der Waals surface area contributed by atoms with Gasteiger partial charge in [0.15, 0.2) is 11.6 Å². The SMILES string of the molecule is N#CCCCOc1cccnc1NC(=O)Cc1cccc(F)c1. The number of hydrogen-bond donors (Lipinski definition) is 1. The molecule has 23 heavy (non-hydrogen) atoms. The van der Waals surface area contributed by atoms with Crippen molar-refractivity contribution in [2.24, 2.45) is 0 Å². The van der Waals surface area contributed by atoms with Gasteiger partial charge in [0.05, 0.1) is 19.1 Å². The molecular weight excluding hydrogens is 297 g/mol. The van der Waals surface area contributed by atoms with Crippen molar-refractivity contribution in [1.82, 2.24) is 4.98 Å². The number of ether oxygens (including phenoxy) is 1. The van der Waals surface area contributed by atoms with Gasteiger partial charge in [0.1, 0.15) is 5.82 Å². The predicted molar refractivity (Wildman–Crippen MR) is 83.3 cm³/mol. The van der Waals surface area contributed by atoms with Crippen molar-refractivity contribution in [1.29, 1.82) is 5.26 Å². The van der Waals surface area contributed by atoms with Crippen LogP contribution in [0.25, 0.3) is 0 Å². The van der Waals surface area contributed by atoms with Crippen molar-refractivity contribution in [3.05, 3.63) is 54.0 Å². The number of aromatic nitrogens is 1. The third kappa shape index (κ3) is 5.40. The average molecular weight is 313 g/mol. The van der Waals surface area contributed by atoms with Crippen molar-refractivity contribution in [3.63, 3.8) is 0 Å². The van der Waals surface area contributed by atoms with E-state index in [1.807, 2.05) is 6.07 Å². The number of rotatable bonds is 7. The van der Waals surface area contributed by atoms with E-state index in [1.54, 1.807) is 30.5 Å². The van der Waals surface area contributed by atoms with Crippen LogP contribution in [0.2, 0.25) is 0 Å². The third-order valence-corrected chi connectivity index (χ3v) is 2.97. The molecule has 0 atom stereocenters.